The molecule has 0 unspecified atom stereocenters. The number of hydrogen-bond donors (Lipinski definition) is 2. The van der Waals surface area contributed by atoms with Crippen LogP contribution < -0.4 is 5.32 Å². The van der Waals surface area contributed by atoms with Crippen molar-refractivity contribution in [2.24, 2.45) is 0 Å². The molecule has 2 N–H and O–H groups in total. The molecule has 0 saturated carbocycles. The molecule has 1 fully saturated rings. The van der Waals surface area contributed by atoms with E-state index < -0.39 is 5.41 Å². The first-order chi connectivity index (χ1) is 7.65. The minimum atomic E-state index is -0.399. The van der Waals surface area contributed by atoms with Crippen LogP contribution in [0.2, 0.25) is 0 Å². The maximum Gasteiger partial charge on any atom is 0.140 e. The highest BCUT2D eigenvalue weighted by molar-refractivity contribution is 5.88. The molecule has 0 atom stereocenters. The van der Waals surface area contributed by atoms with Gasteiger partial charge in [-0.2, -0.15) is 0 Å². The van der Waals surface area contributed by atoms with Gasteiger partial charge >= 0.3 is 0 Å². The SMILES string of the molecule is CC(=O)C1(c2cccc(O)c2)CCNCC1. The first-order valence-corrected chi connectivity index (χ1v) is 5.66. The van der Waals surface area contributed by atoms with E-state index in [0.29, 0.717) is 0 Å². The fraction of sp³-hybridized carbons (Fsp3) is 0.462. The minimum absolute atomic E-state index is 0.194. The van der Waals surface area contributed by atoms with Gasteiger partial charge in [-0.15, -0.1) is 0 Å². The summed E-state index contributed by atoms with van der Waals surface area (Å²) in [7, 11) is 0. The normalized spacial score (nSPS) is 19.3. The van der Waals surface area contributed by atoms with E-state index in [9.17, 15) is 9.90 Å². The van der Waals surface area contributed by atoms with Crippen molar-refractivity contribution in [3.05, 3.63) is 29.8 Å². The fourth-order valence-electron chi connectivity index (χ4n) is 2.50. The number of rotatable bonds is 2. The molecule has 1 aliphatic heterocycles. The largest absolute Gasteiger partial charge is 0.508 e. The summed E-state index contributed by atoms with van der Waals surface area (Å²) < 4.78 is 0. The van der Waals surface area contributed by atoms with Gasteiger partial charge in [0.05, 0.1) is 5.41 Å². The van der Waals surface area contributed by atoms with Crippen LogP contribution >= 0.6 is 0 Å². The fourth-order valence-corrected chi connectivity index (χ4v) is 2.50. The summed E-state index contributed by atoms with van der Waals surface area (Å²) in [4.78, 5) is 11.9. The molecule has 0 aliphatic carbocycles. The number of benzene rings is 1. The molecule has 1 saturated heterocycles. The molecular weight excluding hydrogens is 202 g/mol. The van der Waals surface area contributed by atoms with Crippen molar-refractivity contribution in [1.29, 1.82) is 0 Å². The van der Waals surface area contributed by atoms with Crippen molar-refractivity contribution < 1.29 is 9.90 Å². The molecule has 3 heteroatoms. The summed E-state index contributed by atoms with van der Waals surface area (Å²) in [6, 6.07) is 7.09. The van der Waals surface area contributed by atoms with Crippen LogP contribution in [0.4, 0.5) is 0 Å². The molecular formula is C13H17NO2. The van der Waals surface area contributed by atoms with Crippen LogP contribution in [0.15, 0.2) is 24.3 Å². The molecule has 3 nitrogen and oxygen atoms in total. The molecule has 1 aromatic carbocycles. The molecule has 0 spiro atoms. The summed E-state index contributed by atoms with van der Waals surface area (Å²) in [5.74, 6) is 0.427. The Kier molecular flexibility index (Phi) is 2.97. The smallest absolute Gasteiger partial charge is 0.140 e. The zero-order chi connectivity index (χ0) is 11.6. The van der Waals surface area contributed by atoms with Gasteiger partial charge in [-0.3, -0.25) is 4.79 Å². The summed E-state index contributed by atoms with van der Waals surface area (Å²) in [5.41, 5.74) is 0.547. The number of piperidine rings is 1. The third-order valence-corrected chi connectivity index (χ3v) is 3.53. The van der Waals surface area contributed by atoms with Crippen LogP contribution in [0, 0.1) is 0 Å². The number of hydrogen-bond acceptors (Lipinski definition) is 3. The molecule has 0 amide bonds. The maximum absolute atomic E-state index is 11.9. The Bertz CT molecular complexity index is 395. The average molecular weight is 219 g/mol. The Morgan fingerprint density at radius 3 is 2.62 bits per heavy atom. The molecule has 0 aromatic heterocycles. The number of nitrogens with one attached hydrogen (secondary N) is 1. The second-order valence-corrected chi connectivity index (χ2v) is 4.44. The molecule has 0 bridgehead atoms. The Morgan fingerprint density at radius 2 is 2.06 bits per heavy atom. The van der Waals surface area contributed by atoms with Gasteiger partial charge in [0.25, 0.3) is 0 Å². The number of carbonyl (C=O) groups is 1. The van der Waals surface area contributed by atoms with Crippen molar-refractivity contribution >= 4 is 5.78 Å². The highest BCUT2D eigenvalue weighted by atomic mass is 16.3. The highest BCUT2D eigenvalue weighted by Crippen LogP contribution is 2.35. The van der Waals surface area contributed by atoms with Crippen molar-refractivity contribution in [2.45, 2.75) is 25.2 Å². The first kappa shape index (κ1) is 11.1. The zero-order valence-corrected chi connectivity index (χ0v) is 9.49. The molecule has 0 radical (unpaired) electrons. The molecule has 1 heterocycles. The van der Waals surface area contributed by atoms with Gasteiger partial charge in [0.2, 0.25) is 0 Å². The Labute approximate surface area is 95.5 Å². The summed E-state index contributed by atoms with van der Waals surface area (Å²) in [6.07, 6.45) is 1.62. The monoisotopic (exact) mass is 219 g/mol. The van der Waals surface area contributed by atoms with Gasteiger partial charge < -0.3 is 10.4 Å². The molecule has 1 aromatic rings. The summed E-state index contributed by atoms with van der Waals surface area (Å²) in [6.45, 7) is 3.36. The van der Waals surface area contributed by atoms with Crippen LogP contribution in [-0.4, -0.2) is 24.0 Å². The van der Waals surface area contributed by atoms with Crippen LogP contribution in [0.25, 0.3) is 0 Å². The van der Waals surface area contributed by atoms with E-state index in [1.807, 2.05) is 6.07 Å². The van der Waals surface area contributed by atoms with Crippen LogP contribution in [0.3, 0.4) is 0 Å². The molecule has 2 rings (SSSR count). The molecule has 86 valence electrons. The number of carbonyl (C=O) groups excluding carboxylic acids is 1. The van der Waals surface area contributed by atoms with Gasteiger partial charge in [-0.1, -0.05) is 12.1 Å². The van der Waals surface area contributed by atoms with Crippen molar-refractivity contribution in [1.82, 2.24) is 5.32 Å². The van der Waals surface area contributed by atoms with E-state index in [2.05, 4.69) is 5.32 Å². The quantitative estimate of drug-likeness (QED) is 0.794. The molecule has 1 aliphatic rings. The van der Waals surface area contributed by atoms with Crippen molar-refractivity contribution in [3.8, 4) is 5.75 Å². The van der Waals surface area contributed by atoms with Gasteiger partial charge in [-0.05, 0) is 50.6 Å². The number of aromatic hydroxyl groups is 1. The Hall–Kier alpha value is -1.35. The minimum Gasteiger partial charge on any atom is -0.508 e. The first-order valence-electron chi connectivity index (χ1n) is 5.66. The predicted octanol–water partition coefficient (Wildman–Crippen LogP) is 1.60. The second kappa shape index (κ2) is 4.26. The average Bonchev–Trinajstić information content (AvgIpc) is 2.30. The molecule has 16 heavy (non-hydrogen) atoms. The second-order valence-electron chi connectivity index (χ2n) is 4.44. The van der Waals surface area contributed by atoms with E-state index in [1.54, 1.807) is 25.1 Å². The lowest BCUT2D eigenvalue weighted by atomic mass is 9.70. The van der Waals surface area contributed by atoms with Gasteiger partial charge in [0, 0.05) is 0 Å². The van der Waals surface area contributed by atoms with E-state index in [4.69, 9.17) is 0 Å². The third kappa shape index (κ3) is 1.83. The number of Topliss-reactive ketones (excluding diaryl/α,β-unsaturated/α-hetero) is 1. The third-order valence-electron chi connectivity index (χ3n) is 3.53. The van der Waals surface area contributed by atoms with Crippen LogP contribution in [0.5, 0.6) is 5.75 Å². The zero-order valence-electron chi connectivity index (χ0n) is 9.49. The lowest BCUT2D eigenvalue weighted by Gasteiger charge is -2.35. The highest BCUT2D eigenvalue weighted by Gasteiger charge is 2.38. The van der Waals surface area contributed by atoms with Gasteiger partial charge in [0.1, 0.15) is 11.5 Å². The van der Waals surface area contributed by atoms with E-state index in [0.717, 1.165) is 31.5 Å². The standard InChI is InChI=1S/C13H17NO2/c1-10(15)13(5-7-14-8-6-13)11-3-2-4-12(16)9-11/h2-4,9,14,16H,5-8H2,1H3. The Morgan fingerprint density at radius 1 is 1.38 bits per heavy atom. The predicted molar refractivity (Wildman–Crippen MR) is 62.6 cm³/mol. The maximum atomic E-state index is 11.9. The summed E-state index contributed by atoms with van der Waals surface area (Å²) >= 11 is 0. The van der Waals surface area contributed by atoms with Crippen LogP contribution in [0.1, 0.15) is 25.3 Å². The topological polar surface area (TPSA) is 49.3 Å². The van der Waals surface area contributed by atoms with Crippen LogP contribution in [-0.2, 0) is 10.2 Å². The Balaban J connectivity index is 2.42. The van der Waals surface area contributed by atoms with Crippen molar-refractivity contribution in [3.63, 3.8) is 0 Å². The van der Waals surface area contributed by atoms with Gasteiger partial charge in [0.15, 0.2) is 0 Å². The summed E-state index contributed by atoms with van der Waals surface area (Å²) in [5, 5.41) is 12.8. The van der Waals surface area contributed by atoms with Gasteiger partial charge in [-0.25, -0.2) is 0 Å². The lowest BCUT2D eigenvalue weighted by molar-refractivity contribution is -0.123. The number of phenolic OH excluding ortho intramolecular Hbond substituents is 1. The number of ketones is 1. The van der Waals surface area contributed by atoms with Crippen molar-refractivity contribution in [2.75, 3.05) is 13.1 Å². The van der Waals surface area contributed by atoms with E-state index in [-0.39, 0.29) is 11.5 Å². The van der Waals surface area contributed by atoms with E-state index >= 15 is 0 Å². The van der Waals surface area contributed by atoms with E-state index in [1.165, 1.54) is 0 Å². The lowest BCUT2D eigenvalue weighted by Crippen LogP contribution is -2.44. The number of phenols is 1.